The number of ether oxygens (including phenoxy) is 1. The Morgan fingerprint density at radius 3 is 2.29 bits per heavy atom. The predicted octanol–water partition coefficient (Wildman–Crippen LogP) is 4.65. The summed E-state index contributed by atoms with van der Waals surface area (Å²) in [5.41, 5.74) is 3.11. The minimum absolute atomic E-state index is 0.576. The van der Waals surface area contributed by atoms with Crippen LogP contribution in [0, 0.1) is 3.57 Å². The molecule has 2 rings (SSSR count). The summed E-state index contributed by atoms with van der Waals surface area (Å²) < 4.78 is 6.99. The molecule has 0 amide bonds. The molecule has 1 N–H and O–H groups in total. The van der Waals surface area contributed by atoms with Gasteiger partial charge >= 0.3 is 0 Å². The molecule has 0 aliphatic heterocycles. The van der Waals surface area contributed by atoms with Gasteiger partial charge in [0.25, 0.3) is 0 Å². The van der Waals surface area contributed by atoms with E-state index in [1.807, 2.05) is 31.2 Å². The molecule has 0 heterocycles. The van der Waals surface area contributed by atoms with E-state index in [0.29, 0.717) is 6.61 Å². The Kier molecular flexibility index (Phi) is 6.04. The van der Waals surface area contributed by atoms with E-state index in [4.69, 9.17) is 9.94 Å². The van der Waals surface area contributed by atoms with Crippen LogP contribution in [0.1, 0.15) is 24.5 Å². The molecule has 0 fully saturated rings. The molecule has 0 unspecified atom stereocenters. The van der Waals surface area contributed by atoms with Crippen LogP contribution >= 0.6 is 22.6 Å². The van der Waals surface area contributed by atoms with Gasteiger partial charge in [0.2, 0.25) is 0 Å². The molecule has 0 bridgehead atoms. The summed E-state index contributed by atoms with van der Waals surface area (Å²) in [5.74, 6) is 0.866. The molecule has 2 aromatic rings. The molecule has 0 spiro atoms. The second-order valence-corrected chi connectivity index (χ2v) is 6.14. The molecule has 0 saturated carbocycles. The maximum atomic E-state index is 8.62. The SMILES string of the molecule is CC(CCc1ccc(OCc2ccc(I)cc2)cc1)=NO. The van der Waals surface area contributed by atoms with Crippen LogP contribution in [-0.4, -0.2) is 10.9 Å². The summed E-state index contributed by atoms with van der Waals surface area (Å²) in [6.45, 7) is 2.39. The fraction of sp³-hybridized carbons (Fsp3) is 0.235. The monoisotopic (exact) mass is 395 g/mol. The van der Waals surface area contributed by atoms with Gasteiger partial charge in [0.1, 0.15) is 12.4 Å². The van der Waals surface area contributed by atoms with Crippen molar-refractivity contribution in [2.45, 2.75) is 26.4 Å². The van der Waals surface area contributed by atoms with E-state index in [1.165, 1.54) is 9.13 Å². The Morgan fingerprint density at radius 2 is 1.67 bits per heavy atom. The maximum Gasteiger partial charge on any atom is 0.119 e. The van der Waals surface area contributed by atoms with Crippen LogP contribution in [0.3, 0.4) is 0 Å². The Labute approximate surface area is 138 Å². The molecule has 0 aliphatic carbocycles. The van der Waals surface area contributed by atoms with Gasteiger partial charge in [0.05, 0.1) is 5.71 Å². The van der Waals surface area contributed by atoms with Crippen molar-refractivity contribution in [3.8, 4) is 5.75 Å². The van der Waals surface area contributed by atoms with Crippen molar-refractivity contribution in [1.29, 1.82) is 0 Å². The number of hydrogen-bond donors (Lipinski definition) is 1. The zero-order valence-electron chi connectivity index (χ0n) is 11.9. The summed E-state index contributed by atoms with van der Waals surface area (Å²) in [4.78, 5) is 0. The number of oxime groups is 1. The van der Waals surface area contributed by atoms with Crippen LogP contribution in [-0.2, 0) is 13.0 Å². The van der Waals surface area contributed by atoms with Crippen molar-refractivity contribution in [1.82, 2.24) is 0 Å². The van der Waals surface area contributed by atoms with Crippen molar-refractivity contribution in [3.63, 3.8) is 0 Å². The van der Waals surface area contributed by atoms with Crippen LogP contribution in [0.4, 0.5) is 0 Å². The molecule has 0 aromatic heterocycles. The van der Waals surface area contributed by atoms with Crippen molar-refractivity contribution < 1.29 is 9.94 Å². The molecular weight excluding hydrogens is 377 g/mol. The summed E-state index contributed by atoms with van der Waals surface area (Å²) >= 11 is 2.29. The lowest BCUT2D eigenvalue weighted by Crippen LogP contribution is -1.97. The van der Waals surface area contributed by atoms with Crippen LogP contribution in [0.25, 0.3) is 0 Å². The number of aryl methyl sites for hydroxylation is 1. The average Bonchev–Trinajstić information content (AvgIpc) is 2.53. The third-order valence-corrected chi connectivity index (χ3v) is 3.91. The van der Waals surface area contributed by atoms with Crippen molar-refractivity contribution in [3.05, 3.63) is 63.2 Å². The van der Waals surface area contributed by atoms with Gasteiger partial charge in [-0.15, -0.1) is 0 Å². The Morgan fingerprint density at radius 1 is 1.05 bits per heavy atom. The fourth-order valence-corrected chi connectivity index (χ4v) is 2.23. The lowest BCUT2D eigenvalue weighted by atomic mass is 10.1. The number of hydrogen-bond acceptors (Lipinski definition) is 3. The van der Waals surface area contributed by atoms with E-state index < -0.39 is 0 Å². The molecule has 0 atom stereocenters. The fourth-order valence-electron chi connectivity index (χ4n) is 1.87. The molecule has 2 aromatic carbocycles. The highest BCUT2D eigenvalue weighted by Gasteiger charge is 1.99. The number of benzene rings is 2. The van der Waals surface area contributed by atoms with E-state index in [9.17, 15) is 0 Å². The zero-order valence-corrected chi connectivity index (χ0v) is 14.1. The van der Waals surface area contributed by atoms with Crippen LogP contribution < -0.4 is 4.74 Å². The third kappa shape index (κ3) is 5.38. The van der Waals surface area contributed by atoms with Crippen molar-refractivity contribution in [2.75, 3.05) is 0 Å². The smallest absolute Gasteiger partial charge is 0.119 e. The first-order valence-corrected chi connectivity index (χ1v) is 7.89. The highest BCUT2D eigenvalue weighted by atomic mass is 127. The van der Waals surface area contributed by atoms with Crippen molar-refractivity contribution in [2.24, 2.45) is 5.16 Å². The first kappa shape index (κ1) is 15.8. The van der Waals surface area contributed by atoms with E-state index >= 15 is 0 Å². The first-order chi connectivity index (χ1) is 10.2. The highest BCUT2D eigenvalue weighted by molar-refractivity contribution is 14.1. The summed E-state index contributed by atoms with van der Waals surface area (Å²) in [6, 6.07) is 16.4. The Balaban J connectivity index is 1.86. The quantitative estimate of drug-likeness (QED) is 0.335. The van der Waals surface area contributed by atoms with Gasteiger partial charge in [-0.1, -0.05) is 29.4 Å². The van der Waals surface area contributed by atoms with Gasteiger partial charge in [-0.3, -0.25) is 0 Å². The standard InChI is InChI=1S/C17H18INO2/c1-13(19-20)2-3-14-6-10-17(11-7-14)21-12-15-4-8-16(18)9-5-15/h4-11,20H,2-3,12H2,1H3. The maximum absolute atomic E-state index is 8.62. The number of halogens is 1. The second-order valence-electron chi connectivity index (χ2n) is 4.89. The summed E-state index contributed by atoms with van der Waals surface area (Å²) in [7, 11) is 0. The molecule has 0 aliphatic rings. The molecular formula is C17H18INO2. The topological polar surface area (TPSA) is 41.8 Å². The van der Waals surface area contributed by atoms with Gasteiger partial charge in [-0.2, -0.15) is 0 Å². The molecule has 0 saturated heterocycles. The van der Waals surface area contributed by atoms with E-state index in [-0.39, 0.29) is 0 Å². The molecule has 110 valence electrons. The lowest BCUT2D eigenvalue weighted by Gasteiger charge is -2.07. The minimum Gasteiger partial charge on any atom is -0.489 e. The number of rotatable bonds is 6. The van der Waals surface area contributed by atoms with Gasteiger partial charge in [0, 0.05) is 3.57 Å². The molecule has 0 radical (unpaired) electrons. The molecule has 3 nitrogen and oxygen atoms in total. The van der Waals surface area contributed by atoms with Crippen molar-refractivity contribution >= 4 is 28.3 Å². The first-order valence-electron chi connectivity index (χ1n) is 6.81. The van der Waals surface area contributed by atoms with Gasteiger partial charge < -0.3 is 9.94 Å². The lowest BCUT2D eigenvalue weighted by molar-refractivity contribution is 0.306. The summed E-state index contributed by atoms with van der Waals surface area (Å²) in [5, 5.41) is 11.8. The van der Waals surface area contributed by atoms with Gasteiger partial charge in [0.15, 0.2) is 0 Å². The average molecular weight is 395 g/mol. The normalized spacial score (nSPS) is 11.4. The largest absolute Gasteiger partial charge is 0.489 e. The van der Waals surface area contributed by atoms with E-state index in [1.54, 1.807) is 0 Å². The molecule has 4 heteroatoms. The van der Waals surface area contributed by atoms with Crippen LogP contribution in [0.5, 0.6) is 5.75 Å². The van der Waals surface area contributed by atoms with Gasteiger partial charge in [-0.25, -0.2) is 0 Å². The van der Waals surface area contributed by atoms with E-state index in [2.05, 4.69) is 52.0 Å². The zero-order chi connectivity index (χ0) is 15.1. The highest BCUT2D eigenvalue weighted by Crippen LogP contribution is 2.16. The second kappa shape index (κ2) is 8.02. The minimum atomic E-state index is 0.576. The summed E-state index contributed by atoms with van der Waals surface area (Å²) in [6.07, 6.45) is 1.63. The third-order valence-electron chi connectivity index (χ3n) is 3.19. The molecule has 21 heavy (non-hydrogen) atoms. The van der Waals surface area contributed by atoms with Gasteiger partial charge in [-0.05, 0) is 77.7 Å². The number of nitrogens with zero attached hydrogens (tertiary/aromatic N) is 1. The Bertz CT molecular complexity index is 591. The Hall–Kier alpha value is -1.56. The van der Waals surface area contributed by atoms with Crippen LogP contribution in [0.2, 0.25) is 0 Å². The van der Waals surface area contributed by atoms with Crippen LogP contribution in [0.15, 0.2) is 53.7 Å². The predicted molar refractivity (Wildman–Crippen MR) is 93.1 cm³/mol. The van der Waals surface area contributed by atoms with E-state index in [0.717, 1.165) is 29.9 Å².